The summed E-state index contributed by atoms with van der Waals surface area (Å²) in [6.45, 7) is 0. The maximum atomic E-state index is 13.7. The van der Waals surface area contributed by atoms with Gasteiger partial charge in [0.05, 0.1) is 11.6 Å². The van der Waals surface area contributed by atoms with Crippen LogP contribution in [0.2, 0.25) is 0 Å². The Morgan fingerprint density at radius 1 is 0.892 bits per heavy atom. The number of benzene rings is 4. The number of hydrogen-bond donors (Lipinski definition) is 2. The number of para-hydroxylation sites is 1. The highest BCUT2D eigenvalue weighted by molar-refractivity contribution is 6.04. The Bertz CT molecular complexity index is 1660. The van der Waals surface area contributed by atoms with Crippen molar-refractivity contribution in [2.75, 3.05) is 24.3 Å². The third kappa shape index (κ3) is 4.54. The Balaban J connectivity index is 1.57. The Morgan fingerprint density at radius 2 is 1.54 bits per heavy atom. The molecule has 5 rings (SSSR count). The molecule has 0 fully saturated rings. The molecule has 0 bridgehead atoms. The van der Waals surface area contributed by atoms with Crippen LogP contribution in [0.4, 0.5) is 11.4 Å². The van der Waals surface area contributed by atoms with Gasteiger partial charge in [0.1, 0.15) is 11.3 Å². The van der Waals surface area contributed by atoms with Crippen LogP contribution in [0.3, 0.4) is 0 Å². The van der Waals surface area contributed by atoms with E-state index in [9.17, 15) is 14.7 Å². The second-order valence-corrected chi connectivity index (χ2v) is 9.44. The zero-order valence-corrected chi connectivity index (χ0v) is 21.1. The fraction of sp³-hybridized carbons (Fsp3) is 0.161. The van der Waals surface area contributed by atoms with Crippen molar-refractivity contribution < 1.29 is 9.90 Å². The zero-order chi connectivity index (χ0) is 26.1. The Labute approximate surface area is 215 Å². The predicted molar refractivity (Wildman–Crippen MR) is 151 cm³/mol. The van der Waals surface area contributed by atoms with Gasteiger partial charge in [0.15, 0.2) is 5.78 Å². The van der Waals surface area contributed by atoms with Gasteiger partial charge < -0.3 is 19.9 Å². The summed E-state index contributed by atoms with van der Waals surface area (Å²) in [5.74, 6) is -0.686. The number of carbonyl (C=O) groups excluding carboxylic acids is 1. The van der Waals surface area contributed by atoms with Crippen LogP contribution in [0.15, 0.2) is 95.8 Å². The molecule has 0 aliphatic heterocycles. The maximum absolute atomic E-state index is 13.7. The normalized spacial score (nSPS) is 12.0. The van der Waals surface area contributed by atoms with Gasteiger partial charge in [-0.15, -0.1) is 0 Å². The van der Waals surface area contributed by atoms with E-state index in [1.807, 2.05) is 85.7 Å². The molecule has 2 N–H and O–H groups in total. The molecule has 186 valence electrons. The number of aromatic hydroxyl groups is 1. The van der Waals surface area contributed by atoms with Gasteiger partial charge >= 0.3 is 0 Å². The lowest BCUT2D eigenvalue weighted by Crippen LogP contribution is -2.26. The minimum atomic E-state index is -0.506. The van der Waals surface area contributed by atoms with Gasteiger partial charge in [-0.3, -0.25) is 9.59 Å². The van der Waals surface area contributed by atoms with Crippen molar-refractivity contribution in [3.05, 3.63) is 112 Å². The highest BCUT2D eigenvalue weighted by Gasteiger charge is 2.25. The lowest BCUT2D eigenvalue weighted by atomic mass is 9.96. The number of pyridine rings is 1. The summed E-state index contributed by atoms with van der Waals surface area (Å²) in [6, 6.07) is 28.7. The van der Waals surface area contributed by atoms with E-state index in [4.69, 9.17) is 0 Å². The van der Waals surface area contributed by atoms with Gasteiger partial charge in [-0.2, -0.15) is 0 Å². The van der Waals surface area contributed by atoms with Crippen molar-refractivity contribution >= 4 is 38.8 Å². The lowest BCUT2D eigenvalue weighted by Gasteiger charge is -2.22. The van der Waals surface area contributed by atoms with Crippen LogP contribution in [0.1, 0.15) is 28.4 Å². The molecule has 0 amide bonds. The number of anilines is 2. The van der Waals surface area contributed by atoms with Crippen molar-refractivity contribution in [2.45, 2.75) is 12.5 Å². The molecule has 0 saturated carbocycles. The predicted octanol–water partition coefficient (Wildman–Crippen LogP) is 5.89. The number of aryl methyl sites for hydroxylation is 1. The molecule has 6 heteroatoms. The first-order chi connectivity index (χ1) is 17.8. The summed E-state index contributed by atoms with van der Waals surface area (Å²) >= 11 is 0. The van der Waals surface area contributed by atoms with E-state index >= 15 is 0 Å². The molecule has 0 aliphatic rings. The molecule has 5 aromatic rings. The SMILES string of the molecule is CN(C)c1ccc(C(CC(=O)c2c(O)c3ccccc3n(C)c2=O)Nc2cccc3ccccc23)cc1. The molecule has 0 saturated heterocycles. The van der Waals surface area contributed by atoms with Crippen LogP contribution in [0, 0.1) is 0 Å². The molecule has 6 nitrogen and oxygen atoms in total. The van der Waals surface area contributed by atoms with E-state index in [2.05, 4.69) is 5.32 Å². The third-order valence-corrected chi connectivity index (χ3v) is 6.88. The second-order valence-electron chi connectivity index (χ2n) is 9.44. The van der Waals surface area contributed by atoms with Crippen molar-refractivity contribution in [3.8, 4) is 5.75 Å². The van der Waals surface area contributed by atoms with E-state index < -0.39 is 17.4 Å². The zero-order valence-electron chi connectivity index (χ0n) is 21.1. The standard InChI is InChI=1S/C31H29N3O3/c1-33(2)22-17-15-21(16-18-22)26(32-25-13-8-10-20-9-4-5-11-23(20)25)19-28(35)29-30(36)24-12-6-7-14-27(24)34(3)31(29)37/h4-18,26,32,36H,19H2,1-3H3. The first-order valence-corrected chi connectivity index (χ1v) is 12.2. The number of nitrogens with one attached hydrogen (secondary N) is 1. The molecule has 1 heterocycles. The smallest absolute Gasteiger partial charge is 0.265 e. The molecule has 37 heavy (non-hydrogen) atoms. The molecule has 1 atom stereocenters. The number of hydrogen-bond acceptors (Lipinski definition) is 5. The molecule has 0 radical (unpaired) electrons. The van der Waals surface area contributed by atoms with Crippen LogP contribution in [0.5, 0.6) is 5.75 Å². The maximum Gasteiger partial charge on any atom is 0.265 e. The number of carbonyl (C=O) groups is 1. The van der Waals surface area contributed by atoms with E-state index in [0.29, 0.717) is 10.9 Å². The van der Waals surface area contributed by atoms with Gasteiger partial charge in [-0.25, -0.2) is 0 Å². The molecule has 0 spiro atoms. The first kappa shape index (κ1) is 24.1. The molecule has 1 aromatic heterocycles. The quantitative estimate of drug-likeness (QED) is 0.278. The number of rotatable bonds is 7. The van der Waals surface area contributed by atoms with E-state index in [1.165, 1.54) is 4.57 Å². The van der Waals surface area contributed by atoms with Crippen molar-refractivity contribution in [1.29, 1.82) is 0 Å². The highest BCUT2D eigenvalue weighted by atomic mass is 16.3. The summed E-state index contributed by atoms with van der Waals surface area (Å²) in [7, 11) is 5.57. The summed E-state index contributed by atoms with van der Waals surface area (Å²) in [4.78, 5) is 28.9. The number of aromatic nitrogens is 1. The van der Waals surface area contributed by atoms with Gasteiger partial charge in [0.2, 0.25) is 0 Å². The average Bonchev–Trinajstić information content (AvgIpc) is 2.92. The average molecular weight is 492 g/mol. The van der Waals surface area contributed by atoms with E-state index in [1.54, 1.807) is 31.3 Å². The van der Waals surface area contributed by atoms with Crippen LogP contribution >= 0.6 is 0 Å². The fourth-order valence-electron chi connectivity index (χ4n) is 4.81. The largest absolute Gasteiger partial charge is 0.506 e. The van der Waals surface area contributed by atoms with Crippen molar-refractivity contribution in [3.63, 3.8) is 0 Å². The molecular weight excluding hydrogens is 462 g/mol. The molecule has 1 unspecified atom stereocenters. The van der Waals surface area contributed by atoms with Crippen molar-refractivity contribution in [1.82, 2.24) is 4.57 Å². The number of fused-ring (bicyclic) bond motifs is 2. The third-order valence-electron chi connectivity index (χ3n) is 6.88. The second kappa shape index (κ2) is 9.82. The van der Waals surface area contributed by atoms with Gasteiger partial charge in [-0.05, 0) is 41.3 Å². The summed E-state index contributed by atoms with van der Waals surface area (Å²) in [6.07, 6.45) is -0.00826. The number of ketones is 1. The fourth-order valence-corrected chi connectivity index (χ4v) is 4.81. The summed E-state index contributed by atoms with van der Waals surface area (Å²) in [5.41, 5.74) is 2.72. The minimum Gasteiger partial charge on any atom is -0.506 e. The summed E-state index contributed by atoms with van der Waals surface area (Å²) in [5, 5.41) is 17.1. The molecule has 0 aliphatic carbocycles. The van der Waals surface area contributed by atoms with Crippen LogP contribution < -0.4 is 15.8 Å². The molecular formula is C31H29N3O3. The van der Waals surface area contributed by atoms with Gasteiger partial charge in [-0.1, -0.05) is 60.7 Å². The first-order valence-electron chi connectivity index (χ1n) is 12.2. The monoisotopic (exact) mass is 491 g/mol. The van der Waals surface area contributed by atoms with Crippen LogP contribution in [-0.4, -0.2) is 29.6 Å². The number of Topliss-reactive ketones (excluding diaryl/α,β-unsaturated/α-hetero) is 1. The van der Waals surface area contributed by atoms with Crippen LogP contribution in [0.25, 0.3) is 21.7 Å². The highest BCUT2D eigenvalue weighted by Crippen LogP contribution is 2.32. The van der Waals surface area contributed by atoms with E-state index in [-0.39, 0.29) is 17.7 Å². The van der Waals surface area contributed by atoms with Crippen LogP contribution in [-0.2, 0) is 7.05 Å². The molecule has 4 aromatic carbocycles. The van der Waals surface area contributed by atoms with Gasteiger partial charge in [0, 0.05) is 49.7 Å². The summed E-state index contributed by atoms with van der Waals surface area (Å²) < 4.78 is 1.42. The number of nitrogens with zero attached hydrogens (tertiary/aromatic N) is 2. The Kier molecular flexibility index (Phi) is 6.40. The Morgan fingerprint density at radius 3 is 2.27 bits per heavy atom. The van der Waals surface area contributed by atoms with E-state index in [0.717, 1.165) is 27.7 Å². The van der Waals surface area contributed by atoms with Crippen molar-refractivity contribution in [2.24, 2.45) is 7.05 Å². The minimum absolute atomic E-state index is 0.00826. The topological polar surface area (TPSA) is 74.6 Å². The lowest BCUT2D eigenvalue weighted by molar-refractivity contribution is 0.0972. The van der Waals surface area contributed by atoms with Gasteiger partial charge in [0.25, 0.3) is 5.56 Å². The Hall–Kier alpha value is -4.58.